The van der Waals surface area contributed by atoms with Gasteiger partial charge in [-0.2, -0.15) is 0 Å². The number of benzene rings is 1. The SMILES string of the molecule is Cc1ccccc1-c1nc(CN2CCC(C(=O)CCCCN3CC(C)(C)CC(C)(C)C3)CC2)c(C)o1. The Morgan fingerprint density at radius 2 is 1.67 bits per heavy atom. The Balaban J connectivity index is 1.18. The van der Waals surface area contributed by atoms with Crippen LogP contribution in [-0.2, 0) is 11.3 Å². The predicted octanol–water partition coefficient (Wildman–Crippen LogP) is 6.67. The topological polar surface area (TPSA) is 49.6 Å². The number of aryl methyl sites for hydroxylation is 2. The molecule has 0 N–H and O–H groups in total. The van der Waals surface area contributed by atoms with Crippen molar-refractivity contribution >= 4 is 5.78 Å². The van der Waals surface area contributed by atoms with Crippen molar-refractivity contribution in [2.75, 3.05) is 32.7 Å². The Morgan fingerprint density at radius 3 is 2.33 bits per heavy atom. The Labute approximate surface area is 218 Å². The Bertz CT molecular complexity index is 1010. The minimum atomic E-state index is 0.232. The van der Waals surface area contributed by atoms with E-state index in [4.69, 9.17) is 9.40 Å². The van der Waals surface area contributed by atoms with Crippen LogP contribution in [0, 0.1) is 30.6 Å². The normalized spacial score (nSPS) is 21.1. The van der Waals surface area contributed by atoms with Gasteiger partial charge >= 0.3 is 0 Å². The summed E-state index contributed by atoms with van der Waals surface area (Å²) >= 11 is 0. The fourth-order valence-corrected chi connectivity index (χ4v) is 6.80. The zero-order valence-electron chi connectivity index (χ0n) is 23.5. The van der Waals surface area contributed by atoms with E-state index in [1.54, 1.807) is 0 Å². The van der Waals surface area contributed by atoms with Crippen LogP contribution in [0.25, 0.3) is 11.5 Å². The summed E-state index contributed by atoms with van der Waals surface area (Å²) in [7, 11) is 0. The summed E-state index contributed by atoms with van der Waals surface area (Å²) in [5.41, 5.74) is 4.02. The zero-order valence-corrected chi connectivity index (χ0v) is 23.5. The molecule has 0 saturated carbocycles. The molecule has 1 aromatic carbocycles. The second-order valence-corrected chi connectivity index (χ2v) is 13.0. The van der Waals surface area contributed by atoms with Crippen LogP contribution in [0.5, 0.6) is 0 Å². The van der Waals surface area contributed by atoms with Gasteiger partial charge < -0.3 is 9.32 Å². The summed E-state index contributed by atoms with van der Waals surface area (Å²) in [6.45, 7) is 19.9. The number of likely N-dealkylation sites (tertiary alicyclic amines) is 2. The van der Waals surface area contributed by atoms with Gasteiger partial charge in [-0.3, -0.25) is 9.69 Å². The molecule has 0 unspecified atom stereocenters. The van der Waals surface area contributed by atoms with Crippen molar-refractivity contribution in [3.63, 3.8) is 0 Å². The molecule has 36 heavy (non-hydrogen) atoms. The van der Waals surface area contributed by atoms with Gasteiger partial charge in [0.15, 0.2) is 0 Å². The van der Waals surface area contributed by atoms with Crippen LogP contribution in [0.1, 0.15) is 83.2 Å². The Hall–Kier alpha value is -1.98. The van der Waals surface area contributed by atoms with Crippen LogP contribution >= 0.6 is 0 Å². The number of oxazole rings is 1. The fourth-order valence-electron chi connectivity index (χ4n) is 6.80. The predicted molar refractivity (Wildman–Crippen MR) is 147 cm³/mol. The third-order valence-corrected chi connectivity index (χ3v) is 8.09. The molecule has 4 rings (SSSR count). The summed E-state index contributed by atoms with van der Waals surface area (Å²) in [4.78, 5) is 22.8. The molecule has 0 spiro atoms. The highest BCUT2D eigenvalue weighted by molar-refractivity contribution is 5.81. The number of aromatic nitrogens is 1. The first-order valence-electron chi connectivity index (χ1n) is 14.0. The fraction of sp³-hybridized carbons (Fsp3) is 0.677. The van der Waals surface area contributed by atoms with Crippen molar-refractivity contribution in [1.82, 2.24) is 14.8 Å². The second-order valence-electron chi connectivity index (χ2n) is 13.0. The first-order chi connectivity index (χ1) is 17.0. The van der Waals surface area contributed by atoms with Gasteiger partial charge in [0, 0.05) is 37.5 Å². The second kappa shape index (κ2) is 11.2. The first-order valence-corrected chi connectivity index (χ1v) is 14.0. The molecule has 0 amide bonds. The molecule has 5 heteroatoms. The quantitative estimate of drug-likeness (QED) is 0.365. The lowest BCUT2D eigenvalue weighted by molar-refractivity contribution is -0.124. The van der Waals surface area contributed by atoms with E-state index in [9.17, 15) is 4.79 Å². The maximum Gasteiger partial charge on any atom is 0.226 e. The number of Topliss-reactive ketones (excluding diaryl/α,β-unsaturated/α-hetero) is 1. The Morgan fingerprint density at radius 1 is 1.00 bits per heavy atom. The van der Waals surface area contributed by atoms with Crippen LogP contribution in [0.3, 0.4) is 0 Å². The van der Waals surface area contributed by atoms with Crippen LogP contribution in [0.2, 0.25) is 0 Å². The third kappa shape index (κ3) is 7.07. The molecular formula is C31H47N3O2. The molecule has 2 aromatic rings. The van der Waals surface area contributed by atoms with E-state index < -0.39 is 0 Å². The minimum Gasteiger partial charge on any atom is -0.441 e. The van der Waals surface area contributed by atoms with Crippen molar-refractivity contribution in [2.45, 2.75) is 86.6 Å². The molecule has 2 saturated heterocycles. The molecule has 0 bridgehead atoms. The number of carbonyl (C=O) groups excluding carboxylic acids is 1. The molecule has 3 heterocycles. The molecule has 1 aromatic heterocycles. The highest BCUT2D eigenvalue weighted by atomic mass is 16.4. The number of rotatable bonds is 9. The van der Waals surface area contributed by atoms with E-state index in [1.165, 1.54) is 25.1 Å². The molecule has 0 aliphatic carbocycles. The third-order valence-electron chi connectivity index (χ3n) is 8.09. The number of carbonyl (C=O) groups is 1. The van der Waals surface area contributed by atoms with Gasteiger partial charge in [0.1, 0.15) is 11.5 Å². The van der Waals surface area contributed by atoms with Crippen molar-refractivity contribution < 1.29 is 9.21 Å². The maximum atomic E-state index is 12.9. The summed E-state index contributed by atoms with van der Waals surface area (Å²) in [6, 6.07) is 8.22. The summed E-state index contributed by atoms with van der Waals surface area (Å²) in [5.74, 6) is 2.32. The van der Waals surface area contributed by atoms with Crippen LogP contribution < -0.4 is 0 Å². The van der Waals surface area contributed by atoms with Gasteiger partial charge in [0.05, 0.1) is 5.69 Å². The van der Waals surface area contributed by atoms with Gasteiger partial charge in [0.25, 0.3) is 0 Å². The molecule has 5 nitrogen and oxygen atoms in total. The molecule has 2 aliphatic heterocycles. The largest absolute Gasteiger partial charge is 0.441 e. The molecule has 0 radical (unpaired) electrons. The number of ketones is 1. The lowest BCUT2D eigenvalue weighted by Gasteiger charge is -2.47. The first kappa shape index (κ1) is 27.1. The van der Waals surface area contributed by atoms with Crippen molar-refractivity contribution in [2.24, 2.45) is 16.7 Å². The van der Waals surface area contributed by atoms with Crippen LogP contribution in [0.4, 0.5) is 0 Å². The molecule has 2 aliphatic rings. The number of nitrogens with zero attached hydrogens (tertiary/aromatic N) is 3. The number of hydrogen-bond acceptors (Lipinski definition) is 5. The van der Waals surface area contributed by atoms with E-state index in [2.05, 4.69) is 56.6 Å². The standard InChI is InChI=1S/C31H47N3O2/c1-23-11-7-8-12-26(23)29-32-27(24(2)36-29)19-33-17-14-25(15-18-33)28(35)13-9-10-16-34-21-30(3,4)20-31(5,6)22-34/h7-8,11-12,25H,9-10,13-22H2,1-6H3. The van der Waals surface area contributed by atoms with Gasteiger partial charge in [0.2, 0.25) is 5.89 Å². The zero-order chi connectivity index (χ0) is 25.9. The van der Waals surface area contributed by atoms with E-state index >= 15 is 0 Å². The number of piperidine rings is 2. The summed E-state index contributed by atoms with van der Waals surface area (Å²) < 4.78 is 6.01. The number of hydrogen-bond donors (Lipinski definition) is 0. The highest BCUT2D eigenvalue weighted by Gasteiger charge is 2.37. The van der Waals surface area contributed by atoms with Gasteiger partial charge in [-0.15, -0.1) is 0 Å². The summed E-state index contributed by atoms with van der Waals surface area (Å²) in [5, 5.41) is 0. The van der Waals surface area contributed by atoms with Crippen LogP contribution in [0.15, 0.2) is 28.7 Å². The van der Waals surface area contributed by atoms with E-state index in [-0.39, 0.29) is 5.92 Å². The van der Waals surface area contributed by atoms with Gasteiger partial charge in [-0.1, -0.05) is 45.9 Å². The van der Waals surface area contributed by atoms with E-state index in [0.717, 1.165) is 75.3 Å². The smallest absolute Gasteiger partial charge is 0.226 e. The van der Waals surface area contributed by atoms with E-state index in [0.29, 0.717) is 22.5 Å². The van der Waals surface area contributed by atoms with Crippen molar-refractivity contribution in [1.29, 1.82) is 0 Å². The molecule has 198 valence electrons. The van der Waals surface area contributed by atoms with Crippen LogP contribution in [-0.4, -0.2) is 53.3 Å². The maximum absolute atomic E-state index is 12.9. The molecule has 0 atom stereocenters. The van der Waals surface area contributed by atoms with Crippen molar-refractivity contribution in [3.8, 4) is 11.5 Å². The Kier molecular flexibility index (Phi) is 8.41. The summed E-state index contributed by atoms with van der Waals surface area (Å²) in [6.07, 6.45) is 6.12. The van der Waals surface area contributed by atoms with Gasteiger partial charge in [-0.05, 0) is 88.0 Å². The highest BCUT2D eigenvalue weighted by Crippen LogP contribution is 2.39. The lowest BCUT2D eigenvalue weighted by Crippen LogP contribution is -2.48. The molecule has 2 fully saturated rings. The average Bonchev–Trinajstić information content (AvgIpc) is 3.15. The van der Waals surface area contributed by atoms with Gasteiger partial charge in [-0.25, -0.2) is 4.98 Å². The minimum absolute atomic E-state index is 0.232. The monoisotopic (exact) mass is 493 g/mol. The van der Waals surface area contributed by atoms with Crippen molar-refractivity contribution in [3.05, 3.63) is 41.3 Å². The molecular weight excluding hydrogens is 446 g/mol. The average molecular weight is 494 g/mol. The number of unbranched alkanes of at least 4 members (excludes halogenated alkanes) is 1. The van der Waals surface area contributed by atoms with E-state index in [1.807, 2.05) is 19.1 Å². The lowest BCUT2D eigenvalue weighted by atomic mass is 9.71.